The fraction of sp³-hybridized carbons (Fsp3) is 0.462. The van der Waals surface area contributed by atoms with Crippen molar-refractivity contribution in [2.45, 2.75) is 6.04 Å². The highest BCUT2D eigenvalue weighted by molar-refractivity contribution is 14.1. The molecule has 5 heteroatoms. The summed E-state index contributed by atoms with van der Waals surface area (Å²) in [5, 5.41) is 0. The molecular formula is C13H17IN2O2. The van der Waals surface area contributed by atoms with Gasteiger partial charge in [0.1, 0.15) is 5.75 Å². The molecule has 0 N–H and O–H groups in total. The molecule has 0 aliphatic carbocycles. The van der Waals surface area contributed by atoms with Gasteiger partial charge in [-0.2, -0.15) is 0 Å². The summed E-state index contributed by atoms with van der Waals surface area (Å²) in [6, 6.07) is 6.08. The van der Waals surface area contributed by atoms with Crippen LogP contribution in [0, 0.1) is 3.57 Å². The molecule has 98 valence electrons. The van der Waals surface area contributed by atoms with Crippen LogP contribution in [0.3, 0.4) is 0 Å². The molecule has 1 heterocycles. The Hall–Kier alpha value is -0.820. The zero-order chi connectivity index (χ0) is 13.3. The molecule has 0 bridgehead atoms. The van der Waals surface area contributed by atoms with E-state index < -0.39 is 0 Å². The minimum absolute atomic E-state index is 0.0939. The molecular weight excluding hydrogens is 343 g/mol. The van der Waals surface area contributed by atoms with Crippen molar-refractivity contribution in [1.82, 2.24) is 9.80 Å². The van der Waals surface area contributed by atoms with E-state index in [9.17, 15) is 4.79 Å². The monoisotopic (exact) mass is 360 g/mol. The quantitative estimate of drug-likeness (QED) is 0.770. The highest BCUT2D eigenvalue weighted by Gasteiger charge is 2.33. The lowest BCUT2D eigenvalue weighted by Gasteiger charge is -2.42. The largest absolute Gasteiger partial charge is 0.497 e. The van der Waals surface area contributed by atoms with Crippen LogP contribution in [-0.2, 0) is 0 Å². The first-order valence-corrected chi connectivity index (χ1v) is 6.90. The van der Waals surface area contributed by atoms with Crippen LogP contribution in [-0.4, -0.2) is 56.0 Å². The normalized spacial score (nSPS) is 15.7. The van der Waals surface area contributed by atoms with Crippen molar-refractivity contribution in [1.29, 1.82) is 0 Å². The summed E-state index contributed by atoms with van der Waals surface area (Å²) < 4.78 is 6.13. The number of likely N-dealkylation sites (N-methyl/N-ethyl adjacent to an activating group) is 1. The van der Waals surface area contributed by atoms with Gasteiger partial charge in [0, 0.05) is 22.7 Å². The molecule has 0 radical (unpaired) electrons. The lowest BCUT2D eigenvalue weighted by atomic mass is 10.1. The maximum absolute atomic E-state index is 12.3. The van der Waals surface area contributed by atoms with Gasteiger partial charge in [-0.3, -0.25) is 4.79 Å². The second kappa shape index (κ2) is 5.44. The molecule has 1 amide bonds. The van der Waals surface area contributed by atoms with Crippen LogP contribution >= 0.6 is 22.6 Å². The van der Waals surface area contributed by atoms with Gasteiger partial charge in [-0.15, -0.1) is 0 Å². The predicted octanol–water partition coefficient (Wildman–Crippen LogP) is 1.69. The van der Waals surface area contributed by atoms with Crippen LogP contribution in [0.15, 0.2) is 18.2 Å². The van der Waals surface area contributed by atoms with E-state index in [1.54, 1.807) is 7.11 Å². The number of nitrogens with zero attached hydrogens (tertiary/aromatic N) is 2. The van der Waals surface area contributed by atoms with Crippen LogP contribution in [0.5, 0.6) is 5.75 Å². The standard InChI is InChI=1S/C13H17IN2O2/c1-15(2)9-7-16(8-9)13(17)11-6-10(18-3)4-5-12(11)14/h4-6,9H,7-8H2,1-3H3. The number of benzene rings is 1. The molecule has 0 atom stereocenters. The van der Waals surface area contributed by atoms with Crippen LogP contribution in [0.2, 0.25) is 0 Å². The molecule has 0 saturated carbocycles. The Labute approximate surface area is 121 Å². The third kappa shape index (κ3) is 2.61. The Morgan fingerprint density at radius 2 is 2.11 bits per heavy atom. The Morgan fingerprint density at radius 1 is 1.44 bits per heavy atom. The van der Waals surface area contributed by atoms with E-state index in [1.165, 1.54) is 0 Å². The van der Waals surface area contributed by atoms with Crippen molar-refractivity contribution in [3.8, 4) is 5.75 Å². The van der Waals surface area contributed by atoms with E-state index in [4.69, 9.17) is 4.74 Å². The van der Waals surface area contributed by atoms with E-state index in [1.807, 2.05) is 37.2 Å². The number of rotatable bonds is 3. The lowest BCUT2D eigenvalue weighted by molar-refractivity contribution is 0.0398. The van der Waals surface area contributed by atoms with Crippen LogP contribution in [0.25, 0.3) is 0 Å². The molecule has 1 aliphatic rings. The van der Waals surface area contributed by atoms with Crippen molar-refractivity contribution in [2.24, 2.45) is 0 Å². The molecule has 0 spiro atoms. The summed E-state index contributed by atoms with van der Waals surface area (Å²) in [6.45, 7) is 1.61. The van der Waals surface area contributed by atoms with Gasteiger partial charge in [0.25, 0.3) is 5.91 Å². The summed E-state index contributed by atoms with van der Waals surface area (Å²) >= 11 is 2.19. The van der Waals surface area contributed by atoms with Gasteiger partial charge in [-0.1, -0.05) is 0 Å². The number of methoxy groups -OCH3 is 1. The van der Waals surface area contributed by atoms with E-state index in [0.717, 1.165) is 28.0 Å². The number of ether oxygens (including phenoxy) is 1. The number of halogens is 1. The van der Waals surface area contributed by atoms with Gasteiger partial charge in [-0.05, 0) is 54.9 Å². The topological polar surface area (TPSA) is 32.8 Å². The molecule has 2 rings (SSSR count). The first-order chi connectivity index (χ1) is 8.52. The van der Waals surface area contributed by atoms with Gasteiger partial charge < -0.3 is 14.5 Å². The highest BCUT2D eigenvalue weighted by Crippen LogP contribution is 2.23. The van der Waals surface area contributed by atoms with Crippen molar-refractivity contribution >= 4 is 28.5 Å². The lowest BCUT2D eigenvalue weighted by Crippen LogP contribution is -2.59. The average molecular weight is 360 g/mol. The summed E-state index contributed by atoms with van der Waals surface area (Å²) in [4.78, 5) is 16.4. The van der Waals surface area contributed by atoms with Crippen LogP contribution in [0.4, 0.5) is 0 Å². The minimum atomic E-state index is 0.0939. The van der Waals surface area contributed by atoms with Gasteiger partial charge in [0.05, 0.1) is 12.7 Å². The van der Waals surface area contributed by atoms with E-state index in [0.29, 0.717) is 6.04 Å². The van der Waals surface area contributed by atoms with Crippen molar-refractivity contribution < 1.29 is 9.53 Å². The van der Waals surface area contributed by atoms with Gasteiger partial charge >= 0.3 is 0 Å². The number of hydrogen-bond donors (Lipinski definition) is 0. The third-order valence-corrected chi connectivity index (χ3v) is 4.22. The maximum atomic E-state index is 12.3. The smallest absolute Gasteiger partial charge is 0.255 e. The molecule has 1 aromatic rings. The third-order valence-electron chi connectivity index (χ3n) is 3.28. The molecule has 1 aliphatic heterocycles. The zero-order valence-electron chi connectivity index (χ0n) is 10.8. The maximum Gasteiger partial charge on any atom is 0.255 e. The summed E-state index contributed by atoms with van der Waals surface area (Å²) in [5.41, 5.74) is 0.729. The number of amides is 1. The Balaban J connectivity index is 2.10. The van der Waals surface area contributed by atoms with E-state index in [2.05, 4.69) is 27.5 Å². The van der Waals surface area contributed by atoms with Crippen LogP contribution in [0.1, 0.15) is 10.4 Å². The highest BCUT2D eigenvalue weighted by atomic mass is 127. The second-order valence-corrected chi connectivity index (χ2v) is 5.84. The number of likely N-dealkylation sites (tertiary alicyclic amines) is 1. The molecule has 0 aromatic heterocycles. The summed E-state index contributed by atoms with van der Waals surface area (Å²) in [5.74, 6) is 0.819. The summed E-state index contributed by atoms with van der Waals surface area (Å²) in [7, 11) is 5.70. The summed E-state index contributed by atoms with van der Waals surface area (Å²) in [6.07, 6.45) is 0. The number of carbonyl (C=O) groups excluding carboxylic acids is 1. The molecule has 1 saturated heterocycles. The van der Waals surface area contributed by atoms with E-state index >= 15 is 0 Å². The number of carbonyl (C=O) groups is 1. The zero-order valence-corrected chi connectivity index (χ0v) is 13.0. The van der Waals surface area contributed by atoms with E-state index in [-0.39, 0.29) is 5.91 Å². The fourth-order valence-corrected chi connectivity index (χ4v) is 2.48. The predicted molar refractivity (Wildman–Crippen MR) is 79.1 cm³/mol. The first-order valence-electron chi connectivity index (χ1n) is 5.82. The van der Waals surface area contributed by atoms with Crippen molar-refractivity contribution in [3.63, 3.8) is 0 Å². The van der Waals surface area contributed by atoms with Crippen LogP contribution < -0.4 is 4.74 Å². The Bertz CT molecular complexity index is 456. The molecule has 18 heavy (non-hydrogen) atoms. The molecule has 0 unspecified atom stereocenters. The second-order valence-electron chi connectivity index (χ2n) is 4.67. The Morgan fingerprint density at radius 3 is 2.67 bits per heavy atom. The van der Waals surface area contributed by atoms with Crippen molar-refractivity contribution in [2.75, 3.05) is 34.3 Å². The average Bonchev–Trinajstić information content (AvgIpc) is 2.27. The first kappa shape index (κ1) is 13.6. The van der Waals surface area contributed by atoms with Gasteiger partial charge in [0.2, 0.25) is 0 Å². The van der Waals surface area contributed by atoms with Gasteiger partial charge in [-0.25, -0.2) is 0 Å². The van der Waals surface area contributed by atoms with Gasteiger partial charge in [0.15, 0.2) is 0 Å². The fourth-order valence-electron chi connectivity index (χ4n) is 1.91. The van der Waals surface area contributed by atoms with Crippen molar-refractivity contribution in [3.05, 3.63) is 27.3 Å². The molecule has 1 aromatic carbocycles. The number of hydrogen-bond acceptors (Lipinski definition) is 3. The molecule has 4 nitrogen and oxygen atoms in total. The SMILES string of the molecule is COc1ccc(I)c(C(=O)N2CC(N(C)C)C2)c1. The molecule has 1 fully saturated rings. The minimum Gasteiger partial charge on any atom is -0.497 e. The Kier molecular flexibility index (Phi) is 4.11.